The Morgan fingerprint density at radius 2 is 2.05 bits per heavy atom. The Morgan fingerprint density at radius 1 is 1.35 bits per heavy atom. The van der Waals surface area contributed by atoms with Crippen molar-refractivity contribution in [2.75, 3.05) is 13.7 Å². The fourth-order valence-electron chi connectivity index (χ4n) is 2.78. The molecule has 6 heteroatoms. The largest absolute Gasteiger partial charge is 0.466 e. The molecule has 0 unspecified atom stereocenters. The van der Waals surface area contributed by atoms with Gasteiger partial charge < -0.3 is 23.7 Å². The molecule has 0 spiro atoms. The summed E-state index contributed by atoms with van der Waals surface area (Å²) in [7, 11) is 1.65. The van der Waals surface area contributed by atoms with Crippen LogP contribution in [-0.2, 0) is 28.5 Å². The van der Waals surface area contributed by atoms with Gasteiger partial charge in [-0.1, -0.05) is 6.92 Å². The molecule has 0 N–H and O–H groups in total. The predicted octanol–water partition coefficient (Wildman–Crippen LogP) is 1.47. The van der Waals surface area contributed by atoms with Crippen molar-refractivity contribution < 1.29 is 28.5 Å². The number of ether oxygens (including phenoxy) is 5. The Morgan fingerprint density at radius 3 is 2.65 bits per heavy atom. The molecule has 2 fully saturated rings. The second-order valence-corrected chi connectivity index (χ2v) is 5.88. The average molecular weight is 288 g/mol. The first-order valence-corrected chi connectivity index (χ1v) is 7.01. The van der Waals surface area contributed by atoms with Crippen molar-refractivity contribution in [2.45, 2.75) is 64.5 Å². The molecule has 0 bridgehead atoms. The van der Waals surface area contributed by atoms with Crippen molar-refractivity contribution in [3.63, 3.8) is 0 Å². The van der Waals surface area contributed by atoms with Gasteiger partial charge in [0.1, 0.15) is 12.2 Å². The van der Waals surface area contributed by atoms with Gasteiger partial charge in [-0.3, -0.25) is 4.79 Å². The minimum Gasteiger partial charge on any atom is -0.466 e. The van der Waals surface area contributed by atoms with Crippen molar-refractivity contribution in [1.29, 1.82) is 0 Å². The molecular formula is C14H24O6. The number of esters is 1. The zero-order chi connectivity index (χ0) is 14.9. The van der Waals surface area contributed by atoms with Crippen molar-refractivity contribution in [2.24, 2.45) is 5.92 Å². The third-order valence-corrected chi connectivity index (χ3v) is 3.74. The highest BCUT2D eigenvalue weighted by Gasteiger charge is 2.56. The van der Waals surface area contributed by atoms with Gasteiger partial charge in [0, 0.05) is 14.0 Å². The van der Waals surface area contributed by atoms with Crippen molar-refractivity contribution >= 4 is 5.97 Å². The Balaban J connectivity index is 1.91. The summed E-state index contributed by atoms with van der Waals surface area (Å²) in [4.78, 5) is 10.8. The van der Waals surface area contributed by atoms with E-state index < -0.39 is 12.1 Å². The molecule has 0 aliphatic carbocycles. The summed E-state index contributed by atoms with van der Waals surface area (Å²) < 4.78 is 28.0. The molecule has 0 aromatic heterocycles. The van der Waals surface area contributed by atoms with Gasteiger partial charge in [-0.15, -0.1) is 0 Å². The Hall–Kier alpha value is -0.690. The van der Waals surface area contributed by atoms with Gasteiger partial charge in [-0.05, 0) is 26.2 Å². The lowest BCUT2D eigenvalue weighted by Gasteiger charge is -2.28. The first-order chi connectivity index (χ1) is 9.34. The minimum atomic E-state index is -0.641. The number of methoxy groups -OCH3 is 1. The van der Waals surface area contributed by atoms with E-state index in [1.807, 2.05) is 20.8 Å². The molecule has 0 aromatic rings. The molecule has 116 valence electrons. The summed E-state index contributed by atoms with van der Waals surface area (Å²) in [5.41, 5.74) is 0. The van der Waals surface area contributed by atoms with Gasteiger partial charge >= 0.3 is 5.97 Å². The molecule has 2 aliphatic heterocycles. The standard InChI is InChI=1S/C14H24O6/c1-8(6-7-17-9(2)15)10-11(16-5)12-13(18-10)20-14(3,4)19-12/h8,10-13H,6-7H2,1-5H3/t8-,10-,11+,12-,13-/m1/s1. The molecule has 0 radical (unpaired) electrons. The minimum absolute atomic E-state index is 0.123. The van der Waals surface area contributed by atoms with Crippen LogP contribution >= 0.6 is 0 Å². The summed E-state index contributed by atoms with van der Waals surface area (Å²) >= 11 is 0. The summed E-state index contributed by atoms with van der Waals surface area (Å²) in [5, 5.41) is 0. The van der Waals surface area contributed by atoms with E-state index in [-0.39, 0.29) is 30.2 Å². The SMILES string of the molecule is CO[C@@H]1[C@H]2OC(C)(C)O[C@H]2O[C@@H]1[C@H](C)CCOC(C)=O. The lowest BCUT2D eigenvalue weighted by atomic mass is 9.96. The third kappa shape index (κ3) is 3.31. The summed E-state index contributed by atoms with van der Waals surface area (Å²) in [5.74, 6) is -0.726. The summed E-state index contributed by atoms with van der Waals surface area (Å²) in [6.45, 7) is 7.56. The lowest BCUT2D eigenvalue weighted by molar-refractivity contribution is -0.222. The first-order valence-electron chi connectivity index (χ1n) is 7.01. The highest BCUT2D eigenvalue weighted by Crippen LogP contribution is 2.40. The molecule has 2 heterocycles. The maximum absolute atomic E-state index is 10.8. The number of rotatable bonds is 5. The maximum Gasteiger partial charge on any atom is 0.302 e. The maximum atomic E-state index is 10.8. The summed E-state index contributed by atoms with van der Waals surface area (Å²) in [6.07, 6.45) is -0.185. The molecule has 6 nitrogen and oxygen atoms in total. The number of carbonyl (C=O) groups excluding carboxylic acids is 1. The monoisotopic (exact) mass is 288 g/mol. The van der Waals surface area contributed by atoms with Crippen LogP contribution in [0.25, 0.3) is 0 Å². The van der Waals surface area contributed by atoms with Gasteiger partial charge in [-0.25, -0.2) is 0 Å². The van der Waals surface area contributed by atoms with E-state index in [9.17, 15) is 4.79 Å². The fourth-order valence-corrected chi connectivity index (χ4v) is 2.78. The van der Waals surface area contributed by atoms with E-state index >= 15 is 0 Å². The predicted molar refractivity (Wildman–Crippen MR) is 69.9 cm³/mol. The quantitative estimate of drug-likeness (QED) is 0.714. The van der Waals surface area contributed by atoms with Crippen LogP contribution in [0.15, 0.2) is 0 Å². The molecular weight excluding hydrogens is 264 g/mol. The van der Waals surface area contributed by atoms with Crippen LogP contribution in [-0.4, -0.2) is 50.1 Å². The van der Waals surface area contributed by atoms with E-state index in [4.69, 9.17) is 23.7 Å². The van der Waals surface area contributed by atoms with Crippen molar-refractivity contribution in [1.82, 2.24) is 0 Å². The van der Waals surface area contributed by atoms with Gasteiger partial charge in [0.2, 0.25) is 0 Å². The summed E-state index contributed by atoms with van der Waals surface area (Å²) in [6, 6.07) is 0. The third-order valence-electron chi connectivity index (χ3n) is 3.74. The Bertz CT molecular complexity index is 356. The number of hydrogen-bond acceptors (Lipinski definition) is 6. The molecule has 2 rings (SSSR count). The Labute approximate surface area is 119 Å². The van der Waals surface area contributed by atoms with Crippen LogP contribution in [0.4, 0.5) is 0 Å². The van der Waals surface area contributed by atoms with Gasteiger partial charge in [-0.2, -0.15) is 0 Å². The van der Waals surface area contributed by atoms with Crippen molar-refractivity contribution in [3.8, 4) is 0 Å². The molecule has 0 amide bonds. The topological polar surface area (TPSA) is 63.2 Å². The zero-order valence-electron chi connectivity index (χ0n) is 12.8. The Kier molecular flexibility index (Phi) is 4.69. The molecule has 2 saturated heterocycles. The fraction of sp³-hybridized carbons (Fsp3) is 0.929. The van der Waals surface area contributed by atoms with Gasteiger partial charge in [0.25, 0.3) is 0 Å². The second-order valence-electron chi connectivity index (χ2n) is 5.88. The highest BCUT2D eigenvalue weighted by molar-refractivity contribution is 5.65. The molecule has 20 heavy (non-hydrogen) atoms. The smallest absolute Gasteiger partial charge is 0.302 e. The van der Waals surface area contributed by atoms with E-state index in [1.54, 1.807) is 7.11 Å². The molecule has 0 saturated carbocycles. The number of fused-ring (bicyclic) bond motifs is 1. The zero-order valence-corrected chi connectivity index (χ0v) is 12.8. The second kappa shape index (κ2) is 5.97. The van der Waals surface area contributed by atoms with E-state index in [1.165, 1.54) is 6.92 Å². The van der Waals surface area contributed by atoms with Crippen molar-refractivity contribution in [3.05, 3.63) is 0 Å². The van der Waals surface area contributed by atoms with E-state index in [0.29, 0.717) is 13.0 Å². The van der Waals surface area contributed by atoms with Crippen LogP contribution in [0.2, 0.25) is 0 Å². The molecule has 0 aromatic carbocycles. The molecule has 5 atom stereocenters. The van der Waals surface area contributed by atoms with Crippen LogP contribution in [0.1, 0.15) is 34.1 Å². The normalized spacial score (nSPS) is 36.6. The van der Waals surface area contributed by atoms with Crippen LogP contribution in [0, 0.1) is 5.92 Å². The van der Waals surface area contributed by atoms with E-state index in [2.05, 4.69) is 0 Å². The average Bonchev–Trinajstić information content (AvgIpc) is 2.79. The number of carbonyl (C=O) groups is 1. The number of hydrogen-bond donors (Lipinski definition) is 0. The van der Waals surface area contributed by atoms with Crippen LogP contribution in [0.3, 0.4) is 0 Å². The van der Waals surface area contributed by atoms with E-state index in [0.717, 1.165) is 0 Å². The first kappa shape index (κ1) is 15.7. The van der Waals surface area contributed by atoms with Crippen LogP contribution in [0.5, 0.6) is 0 Å². The highest BCUT2D eigenvalue weighted by atomic mass is 16.8. The lowest BCUT2D eigenvalue weighted by Crippen LogP contribution is -2.39. The molecule has 2 aliphatic rings. The van der Waals surface area contributed by atoms with Crippen LogP contribution < -0.4 is 0 Å². The van der Waals surface area contributed by atoms with Gasteiger partial charge in [0.15, 0.2) is 12.1 Å². The van der Waals surface area contributed by atoms with Gasteiger partial charge in [0.05, 0.1) is 12.7 Å².